The number of likely N-dealkylation sites (N-methyl/N-ethyl adjacent to an activating group) is 1. The average Bonchev–Trinajstić information content (AvgIpc) is 2.38. The van der Waals surface area contributed by atoms with Gasteiger partial charge in [0.05, 0.1) is 33.0 Å². The van der Waals surface area contributed by atoms with Crippen molar-refractivity contribution in [2.75, 3.05) is 59.7 Å². The monoisotopic (exact) mass is 306 g/mol. The molecule has 0 atom stereocenters. The number of hydrogen-bond donors (Lipinski definition) is 2. The van der Waals surface area contributed by atoms with E-state index in [-0.39, 0.29) is 12.7 Å². The summed E-state index contributed by atoms with van der Waals surface area (Å²) in [6.45, 7) is 9.47. The highest BCUT2D eigenvalue weighted by atomic mass is 16.6. The van der Waals surface area contributed by atoms with Crippen LogP contribution < -0.4 is 5.32 Å². The number of nitrogens with zero attached hydrogens (tertiary/aromatic N) is 1. The van der Waals surface area contributed by atoms with Gasteiger partial charge >= 0.3 is 6.09 Å². The lowest BCUT2D eigenvalue weighted by Gasteiger charge is -2.24. The Morgan fingerprint density at radius 3 is 2.29 bits per heavy atom. The maximum atomic E-state index is 11.7. The third-order valence-electron chi connectivity index (χ3n) is 2.36. The SMILES string of the molecule is CN(CCNCCOCCOCCO)C(=O)OC(C)(C)C. The van der Waals surface area contributed by atoms with Crippen molar-refractivity contribution in [3.05, 3.63) is 0 Å². The number of amides is 1. The Balaban J connectivity index is 3.40. The Hall–Kier alpha value is -0.890. The van der Waals surface area contributed by atoms with E-state index in [9.17, 15) is 4.79 Å². The molecule has 0 heterocycles. The summed E-state index contributed by atoms with van der Waals surface area (Å²) in [7, 11) is 1.71. The fourth-order valence-electron chi connectivity index (χ4n) is 1.33. The van der Waals surface area contributed by atoms with E-state index in [4.69, 9.17) is 19.3 Å². The van der Waals surface area contributed by atoms with Gasteiger partial charge in [-0.05, 0) is 20.8 Å². The molecule has 7 nitrogen and oxygen atoms in total. The molecule has 0 aliphatic rings. The van der Waals surface area contributed by atoms with E-state index in [1.807, 2.05) is 20.8 Å². The summed E-state index contributed by atoms with van der Waals surface area (Å²) < 4.78 is 15.6. The second-order valence-electron chi connectivity index (χ2n) is 5.60. The molecule has 0 aromatic heterocycles. The smallest absolute Gasteiger partial charge is 0.410 e. The fraction of sp³-hybridized carbons (Fsp3) is 0.929. The van der Waals surface area contributed by atoms with Crippen LogP contribution in [0.15, 0.2) is 0 Å². The Bertz CT molecular complexity index is 269. The molecule has 7 heteroatoms. The van der Waals surface area contributed by atoms with Gasteiger partial charge in [-0.3, -0.25) is 0 Å². The molecule has 2 N–H and O–H groups in total. The van der Waals surface area contributed by atoms with Crippen molar-refractivity contribution < 1.29 is 24.1 Å². The minimum Gasteiger partial charge on any atom is -0.444 e. The average molecular weight is 306 g/mol. The van der Waals surface area contributed by atoms with Crippen LogP contribution in [0.25, 0.3) is 0 Å². The number of nitrogens with one attached hydrogen (secondary N) is 1. The molecule has 21 heavy (non-hydrogen) atoms. The van der Waals surface area contributed by atoms with Crippen molar-refractivity contribution in [2.24, 2.45) is 0 Å². The van der Waals surface area contributed by atoms with E-state index in [0.29, 0.717) is 46.1 Å². The third kappa shape index (κ3) is 13.8. The van der Waals surface area contributed by atoms with Crippen LogP contribution in [0.5, 0.6) is 0 Å². The third-order valence-corrected chi connectivity index (χ3v) is 2.36. The van der Waals surface area contributed by atoms with E-state index < -0.39 is 5.60 Å². The Morgan fingerprint density at radius 2 is 1.71 bits per heavy atom. The summed E-state index contributed by atoms with van der Waals surface area (Å²) in [5, 5.41) is 11.7. The first kappa shape index (κ1) is 20.1. The molecule has 0 bridgehead atoms. The summed E-state index contributed by atoms with van der Waals surface area (Å²) in [6.07, 6.45) is -0.318. The van der Waals surface area contributed by atoms with Crippen molar-refractivity contribution in [3.8, 4) is 0 Å². The lowest BCUT2D eigenvalue weighted by molar-refractivity contribution is 0.0291. The molecular formula is C14H30N2O5. The topological polar surface area (TPSA) is 80.3 Å². The molecular weight excluding hydrogens is 276 g/mol. The number of ether oxygens (including phenoxy) is 3. The summed E-state index contributed by atoms with van der Waals surface area (Å²) in [4.78, 5) is 13.2. The molecule has 126 valence electrons. The first-order valence-electron chi connectivity index (χ1n) is 7.28. The van der Waals surface area contributed by atoms with Gasteiger partial charge in [-0.15, -0.1) is 0 Å². The van der Waals surface area contributed by atoms with Crippen LogP contribution in [0.4, 0.5) is 4.79 Å². The molecule has 0 rings (SSSR count). The van der Waals surface area contributed by atoms with Crippen LogP contribution in [0.1, 0.15) is 20.8 Å². The molecule has 0 radical (unpaired) electrons. The molecule has 0 aromatic rings. The summed E-state index contributed by atoms with van der Waals surface area (Å²) in [5.74, 6) is 0. The predicted molar refractivity (Wildman–Crippen MR) is 80.5 cm³/mol. The van der Waals surface area contributed by atoms with Gasteiger partial charge < -0.3 is 29.5 Å². The van der Waals surface area contributed by atoms with Gasteiger partial charge in [0.15, 0.2) is 0 Å². The lowest BCUT2D eigenvalue weighted by Crippen LogP contribution is -2.38. The van der Waals surface area contributed by atoms with Crippen molar-refractivity contribution in [1.29, 1.82) is 0 Å². The van der Waals surface area contributed by atoms with Crippen molar-refractivity contribution in [2.45, 2.75) is 26.4 Å². The van der Waals surface area contributed by atoms with Gasteiger partial charge in [0.2, 0.25) is 0 Å². The highest BCUT2D eigenvalue weighted by Crippen LogP contribution is 2.08. The van der Waals surface area contributed by atoms with Crippen LogP contribution >= 0.6 is 0 Å². The zero-order chi connectivity index (χ0) is 16.1. The molecule has 0 saturated carbocycles. The molecule has 0 aliphatic heterocycles. The van der Waals surface area contributed by atoms with Crippen LogP contribution in [-0.2, 0) is 14.2 Å². The number of carbonyl (C=O) groups is 1. The van der Waals surface area contributed by atoms with Gasteiger partial charge in [0.25, 0.3) is 0 Å². The van der Waals surface area contributed by atoms with Gasteiger partial charge in [0.1, 0.15) is 5.60 Å². The number of aliphatic hydroxyl groups is 1. The maximum absolute atomic E-state index is 11.7. The zero-order valence-electron chi connectivity index (χ0n) is 13.7. The molecule has 1 amide bonds. The fourth-order valence-corrected chi connectivity index (χ4v) is 1.33. The van der Waals surface area contributed by atoms with Crippen LogP contribution in [0.2, 0.25) is 0 Å². The van der Waals surface area contributed by atoms with Gasteiger partial charge in [-0.2, -0.15) is 0 Å². The summed E-state index contributed by atoms with van der Waals surface area (Å²) in [6, 6.07) is 0. The Labute approximate surface area is 127 Å². The molecule has 0 saturated heterocycles. The minimum absolute atomic E-state index is 0.0344. The van der Waals surface area contributed by atoms with E-state index in [2.05, 4.69) is 5.32 Å². The molecule has 0 unspecified atom stereocenters. The maximum Gasteiger partial charge on any atom is 0.410 e. The van der Waals surface area contributed by atoms with Gasteiger partial charge in [0, 0.05) is 26.7 Å². The standard InChI is InChI=1S/C14H30N2O5/c1-14(2,3)21-13(18)16(4)7-5-15-6-9-19-11-12-20-10-8-17/h15,17H,5-12H2,1-4H3. The summed E-state index contributed by atoms with van der Waals surface area (Å²) >= 11 is 0. The highest BCUT2D eigenvalue weighted by Gasteiger charge is 2.18. The van der Waals surface area contributed by atoms with Crippen molar-refractivity contribution >= 4 is 6.09 Å². The van der Waals surface area contributed by atoms with Crippen LogP contribution in [0, 0.1) is 0 Å². The van der Waals surface area contributed by atoms with E-state index in [1.54, 1.807) is 11.9 Å². The summed E-state index contributed by atoms with van der Waals surface area (Å²) in [5.41, 5.74) is -0.468. The minimum atomic E-state index is -0.468. The largest absolute Gasteiger partial charge is 0.444 e. The quantitative estimate of drug-likeness (QED) is 0.540. The number of rotatable bonds is 11. The molecule has 0 fully saturated rings. The molecule has 0 spiro atoms. The van der Waals surface area contributed by atoms with E-state index >= 15 is 0 Å². The van der Waals surface area contributed by atoms with E-state index in [0.717, 1.165) is 0 Å². The van der Waals surface area contributed by atoms with Crippen LogP contribution in [0.3, 0.4) is 0 Å². The first-order valence-corrected chi connectivity index (χ1v) is 7.28. The predicted octanol–water partition coefficient (Wildman–Crippen LogP) is 0.468. The second kappa shape index (κ2) is 11.7. The number of hydrogen-bond acceptors (Lipinski definition) is 6. The zero-order valence-corrected chi connectivity index (χ0v) is 13.7. The lowest BCUT2D eigenvalue weighted by atomic mass is 10.2. The normalized spacial score (nSPS) is 11.5. The van der Waals surface area contributed by atoms with Gasteiger partial charge in [-0.1, -0.05) is 0 Å². The van der Waals surface area contributed by atoms with Crippen molar-refractivity contribution in [1.82, 2.24) is 10.2 Å². The second-order valence-corrected chi connectivity index (χ2v) is 5.60. The van der Waals surface area contributed by atoms with Gasteiger partial charge in [-0.25, -0.2) is 4.79 Å². The molecule has 0 aromatic carbocycles. The van der Waals surface area contributed by atoms with E-state index in [1.165, 1.54) is 0 Å². The number of aliphatic hydroxyl groups excluding tert-OH is 1. The van der Waals surface area contributed by atoms with Crippen molar-refractivity contribution in [3.63, 3.8) is 0 Å². The van der Waals surface area contributed by atoms with Crippen LogP contribution in [-0.4, -0.2) is 81.4 Å². The molecule has 0 aliphatic carbocycles. The number of carbonyl (C=O) groups excluding carboxylic acids is 1. The highest BCUT2D eigenvalue weighted by molar-refractivity contribution is 5.67. The first-order chi connectivity index (χ1) is 9.87. The Morgan fingerprint density at radius 1 is 1.10 bits per heavy atom. The Kier molecular flexibility index (Phi) is 11.2.